The maximum Gasteiger partial charge on any atom is 0.255 e. The summed E-state index contributed by atoms with van der Waals surface area (Å²) in [7, 11) is 0. The summed E-state index contributed by atoms with van der Waals surface area (Å²) in [5.41, 5.74) is 2.71. The number of pyridine rings is 1. The van der Waals surface area contributed by atoms with E-state index in [4.69, 9.17) is 0 Å². The summed E-state index contributed by atoms with van der Waals surface area (Å²) < 4.78 is 2.05. The Kier molecular flexibility index (Phi) is 6.69. The van der Waals surface area contributed by atoms with Crippen LogP contribution in [-0.2, 0) is 19.4 Å². The zero-order valence-electron chi connectivity index (χ0n) is 14.3. The number of nitrogens with zero attached hydrogens (tertiary/aromatic N) is 1. The fraction of sp³-hybridized carbons (Fsp3) is 0.632. The van der Waals surface area contributed by atoms with E-state index in [2.05, 4.69) is 32.2 Å². The zero-order valence-corrected chi connectivity index (χ0v) is 15.1. The van der Waals surface area contributed by atoms with E-state index in [1.54, 1.807) is 11.3 Å². The Morgan fingerprint density at radius 2 is 1.59 bits per heavy atom. The van der Waals surface area contributed by atoms with Crippen LogP contribution in [0.25, 0.3) is 10.2 Å². The Hall–Kier alpha value is -1.09. The third-order valence-electron chi connectivity index (χ3n) is 4.38. The Morgan fingerprint density at radius 1 is 0.955 bits per heavy atom. The minimum absolute atomic E-state index is 0.281. The number of thiophene rings is 1. The number of unbranched alkanes of at least 4 members (excludes halogenated alkanes) is 3. The standard InChI is InChI=1S/C19H29NOS/c1-4-7-10-15-16(11-8-5-2)18(21)20(13-9-6-3)19-17(15)12-14-22-19/h12,14H,4-11,13H2,1-3H3. The lowest BCUT2D eigenvalue weighted by Crippen LogP contribution is -2.26. The quantitative estimate of drug-likeness (QED) is 0.594. The van der Waals surface area contributed by atoms with E-state index < -0.39 is 0 Å². The number of aryl methyl sites for hydroxylation is 2. The first-order chi connectivity index (χ1) is 10.7. The van der Waals surface area contributed by atoms with E-state index in [-0.39, 0.29) is 5.56 Å². The molecule has 0 aliphatic heterocycles. The summed E-state index contributed by atoms with van der Waals surface area (Å²) in [6.45, 7) is 7.47. The van der Waals surface area contributed by atoms with E-state index in [1.165, 1.54) is 28.6 Å². The molecule has 0 amide bonds. The Labute approximate surface area is 138 Å². The summed E-state index contributed by atoms with van der Waals surface area (Å²) in [6.07, 6.45) is 8.79. The summed E-state index contributed by atoms with van der Waals surface area (Å²) in [4.78, 5) is 14.2. The molecule has 0 aromatic carbocycles. The van der Waals surface area contributed by atoms with Crippen molar-refractivity contribution in [2.45, 2.75) is 78.7 Å². The first kappa shape index (κ1) is 17.3. The summed E-state index contributed by atoms with van der Waals surface area (Å²) in [5, 5.41) is 3.48. The molecule has 2 aromatic rings. The topological polar surface area (TPSA) is 22.0 Å². The molecule has 0 atom stereocenters. The van der Waals surface area contributed by atoms with Crippen molar-refractivity contribution in [1.82, 2.24) is 4.57 Å². The van der Waals surface area contributed by atoms with Gasteiger partial charge in [0.1, 0.15) is 4.83 Å². The third-order valence-corrected chi connectivity index (χ3v) is 5.31. The van der Waals surface area contributed by atoms with Gasteiger partial charge in [-0.1, -0.05) is 40.0 Å². The SMILES string of the molecule is CCCCc1c(CCCC)c2ccsc2n(CCCC)c1=O. The molecule has 0 fully saturated rings. The maximum atomic E-state index is 13.0. The second-order valence-electron chi connectivity index (χ2n) is 6.11. The molecule has 0 spiro atoms. The summed E-state index contributed by atoms with van der Waals surface area (Å²) in [5.74, 6) is 0. The molecule has 0 bridgehead atoms. The van der Waals surface area contributed by atoms with E-state index in [1.807, 2.05) is 4.57 Å². The molecular weight excluding hydrogens is 290 g/mol. The van der Waals surface area contributed by atoms with Crippen molar-refractivity contribution in [2.75, 3.05) is 0 Å². The number of hydrogen-bond acceptors (Lipinski definition) is 2. The number of aromatic nitrogens is 1. The summed E-state index contributed by atoms with van der Waals surface area (Å²) in [6, 6.07) is 2.22. The van der Waals surface area contributed by atoms with Gasteiger partial charge in [0, 0.05) is 17.5 Å². The maximum absolute atomic E-state index is 13.0. The highest BCUT2D eigenvalue weighted by Crippen LogP contribution is 2.27. The molecule has 2 nitrogen and oxygen atoms in total. The molecule has 0 saturated heterocycles. The lowest BCUT2D eigenvalue weighted by atomic mass is 9.97. The molecule has 3 heteroatoms. The monoisotopic (exact) mass is 319 g/mol. The van der Waals surface area contributed by atoms with Gasteiger partial charge in [0.25, 0.3) is 5.56 Å². The van der Waals surface area contributed by atoms with Gasteiger partial charge in [0.2, 0.25) is 0 Å². The predicted molar refractivity (Wildman–Crippen MR) is 98.2 cm³/mol. The fourth-order valence-corrected chi connectivity index (χ4v) is 4.01. The van der Waals surface area contributed by atoms with Gasteiger partial charge in [0.15, 0.2) is 0 Å². The van der Waals surface area contributed by atoms with Crippen molar-refractivity contribution in [1.29, 1.82) is 0 Å². The van der Waals surface area contributed by atoms with Gasteiger partial charge in [-0.3, -0.25) is 9.36 Å². The van der Waals surface area contributed by atoms with Crippen LogP contribution in [0.1, 0.15) is 70.4 Å². The van der Waals surface area contributed by atoms with Crippen molar-refractivity contribution in [2.24, 2.45) is 0 Å². The van der Waals surface area contributed by atoms with Crippen LogP contribution in [0.4, 0.5) is 0 Å². The van der Waals surface area contributed by atoms with Crippen molar-refractivity contribution in [3.05, 3.63) is 32.9 Å². The van der Waals surface area contributed by atoms with E-state index >= 15 is 0 Å². The summed E-state index contributed by atoms with van der Waals surface area (Å²) >= 11 is 1.72. The fourth-order valence-electron chi connectivity index (χ4n) is 3.06. The zero-order chi connectivity index (χ0) is 15.9. The van der Waals surface area contributed by atoms with Gasteiger partial charge >= 0.3 is 0 Å². The molecule has 2 rings (SSSR count). The highest BCUT2D eigenvalue weighted by Gasteiger charge is 2.16. The lowest BCUT2D eigenvalue weighted by Gasteiger charge is -2.15. The van der Waals surface area contributed by atoms with Gasteiger partial charge in [-0.2, -0.15) is 0 Å². The highest BCUT2D eigenvalue weighted by molar-refractivity contribution is 7.16. The molecule has 2 aromatic heterocycles. The lowest BCUT2D eigenvalue weighted by molar-refractivity contribution is 0.624. The van der Waals surface area contributed by atoms with Gasteiger partial charge in [-0.25, -0.2) is 0 Å². The molecule has 0 unspecified atom stereocenters. The van der Waals surface area contributed by atoms with Crippen LogP contribution in [0.15, 0.2) is 16.2 Å². The smallest absolute Gasteiger partial charge is 0.255 e. The molecule has 0 saturated carbocycles. The molecular formula is C19H29NOS. The van der Waals surface area contributed by atoms with Gasteiger partial charge in [-0.15, -0.1) is 11.3 Å². The highest BCUT2D eigenvalue weighted by atomic mass is 32.1. The second-order valence-corrected chi connectivity index (χ2v) is 7.01. The molecule has 2 heterocycles. The van der Waals surface area contributed by atoms with E-state index in [9.17, 15) is 4.79 Å². The van der Waals surface area contributed by atoms with Crippen LogP contribution in [0.3, 0.4) is 0 Å². The Balaban J connectivity index is 2.57. The molecule has 0 N–H and O–H groups in total. The van der Waals surface area contributed by atoms with E-state index in [0.29, 0.717) is 0 Å². The van der Waals surface area contributed by atoms with Crippen LogP contribution in [0.2, 0.25) is 0 Å². The average Bonchev–Trinajstić information content (AvgIpc) is 3.00. The van der Waals surface area contributed by atoms with Crippen molar-refractivity contribution >= 4 is 21.6 Å². The average molecular weight is 320 g/mol. The Bertz CT molecular complexity index is 653. The van der Waals surface area contributed by atoms with Crippen LogP contribution >= 0.6 is 11.3 Å². The third kappa shape index (κ3) is 3.62. The first-order valence-corrected chi connectivity index (χ1v) is 9.74. The van der Waals surface area contributed by atoms with Gasteiger partial charge in [-0.05, 0) is 49.1 Å². The number of fused-ring (bicyclic) bond motifs is 1. The normalized spacial score (nSPS) is 11.4. The molecule has 0 aliphatic rings. The van der Waals surface area contributed by atoms with Crippen LogP contribution in [0.5, 0.6) is 0 Å². The minimum Gasteiger partial charge on any atom is -0.299 e. The van der Waals surface area contributed by atoms with Crippen molar-refractivity contribution in [3.63, 3.8) is 0 Å². The van der Waals surface area contributed by atoms with Crippen molar-refractivity contribution < 1.29 is 0 Å². The van der Waals surface area contributed by atoms with E-state index in [0.717, 1.165) is 50.6 Å². The largest absolute Gasteiger partial charge is 0.299 e. The molecule has 0 aliphatic carbocycles. The number of hydrogen-bond donors (Lipinski definition) is 0. The minimum atomic E-state index is 0.281. The Morgan fingerprint density at radius 3 is 2.23 bits per heavy atom. The number of rotatable bonds is 9. The molecule has 0 radical (unpaired) electrons. The molecule has 122 valence electrons. The van der Waals surface area contributed by atoms with Gasteiger partial charge < -0.3 is 0 Å². The van der Waals surface area contributed by atoms with Crippen molar-refractivity contribution in [3.8, 4) is 0 Å². The first-order valence-electron chi connectivity index (χ1n) is 8.86. The molecule has 22 heavy (non-hydrogen) atoms. The van der Waals surface area contributed by atoms with Crippen LogP contribution < -0.4 is 5.56 Å². The second kappa shape index (κ2) is 8.52. The predicted octanol–water partition coefficient (Wildman–Crippen LogP) is 5.55. The van der Waals surface area contributed by atoms with Crippen LogP contribution in [0, 0.1) is 0 Å². The van der Waals surface area contributed by atoms with Gasteiger partial charge in [0.05, 0.1) is 0 Å². The van der Waals surface area contributed by atoms with Crippen LogP contribution in [-0.4, -0.2) is 4.57 Å².